The lowest BCUT2D eigenvalue weighted by molar-refractivity contribution is -0.146. The van der Waals surface area contributed by atoms with Crippen molar-refractivity contribution in [1.29, 1.82) is 0 Å². The zero-order valence-electron chi connectivity index (χ0n) is 13.5. The third-order valence-electron chi connectivity index (χ3n) is 3.27. The van der Waals surface area contributed by atoms with Crippen LogP contribution in [0.25, 0.3) is 0 Å². The van der Waals surface area contributed by atoms with Gasteiger partial charge < -0.3 is 9.47 Å². The van der Waals surface area contributed by atoms with Crippen LogP contribution < -0.4 is 10.1 Å². The molecule has 4 nitrogen and oxygen atoms in total. The average molecular weight is 293 g/mol. The maximum atomic E-state index is 12.1. The molecule has 2 atom stereocenters. The van der Waals surface area contributed by atoms with E-state index in [1.807, 2.05) is 31.2 Å². The van der Waals surface area contributed by atoms with Gasteiger partial charge in [-0.15, -0.1) is 0 Å². The van der Waals surface area contributed by atoms with Gasteiger partial charge in [-0.05, 0) is 44.4 Å². The summed E-state index contributed by atoms with van der Waals surface area (Å²) in [4.78, 5) is 12.1. The smallest absolute Gasteiger partial charge is 0.327 e. The normalized spacial score (nSPS) is 13.5. The molecule has 1 rings (SSSR count). The van der Waals surface area contributed by atoms with Gasteiger partial charge in [0.15, 0.2) is 0 Å². The van der Waals surface area contributed by atoms with E-state index in [-0.39, 0.29) is 12.0 Å². The number of hydrogen-bond acceptors (Lipinski definition) is 4. The molecule has 1 aromatic rings. The lowest BCUT2D eigenvalue weighted by Crippen LogP contribution is -2.36. The van der Waals surface area contributed by atoms with Gasteiger partial charge in [-0.25, -0.2) is 4.79 Å². The number of carbonyl (C=O) groups excluding carboxylic acids is 1. The van der Waals surface area contributed by atoms with Gasteiger partial charge >= 0.3 is 5.97 Å². The quantitative estimate of drug-likeness (QED) is 0.708. The first-order chi connectivity index (χ1) is 10.1. The van der Waals surface area contributed by atoms with Crippen LogP contribution >= 0.6 is 0 Å². The summed E-state index contributed by atoms with van der Waals surface area (Å²) in [6, 6.07) is 7.45. The van der Waals surface area contributed by atoms with E-state index in [1.54, 1.807) is 0 Å². The van der Waals surface area contributed by atoms with Crippen molar-refractivity contribution in [3.8, 4) is 5.75 Å². The number of nitrogens with one attached hydrogen (secondary N) is 1. The zero-order chi connectivity index (χ0) is 15.7. The number of benzene rings is 1. The third-order valence-corrected chi connectivity index (χ3v) is 3.27. The Balaban J connectivity index is 2.83. The monoisotopic (exact) mass is 293 g/mol. The van der Waals surface area contributed by atoms with E-state index in [0.29, 0.717) is 13.2 Å². The average Bonchev–Trinajstić information content (AvgIpc) is 2.51. The molecule has 0 amide bonds. The van der Waals surface area contributed by atoms with Crippen LogP contribution in [0.1, 0.15) is 52.1 Å². The van der Waals surface area contributed by atoms with Crippen molar-refractivity contribution in [1.82, 2.24) is 5.32 Å². The van der Waals surface area contributed by atoms with Crippen LogP contribution in [0, 0.1) is 0 Å². The topological polar surface area (TPSA) is 47.6 Å². The summed E-state index contributed by atoms with van der Waals surface area (Å²) >= 11 is 0. The van der Waals surface area contributed by atoms with Crippen molar-refractivity contribution >= 4 is 5.97 Å². The highest BCUT2D eigenvalue weighted by molar-refractivity contribution is 5.77. The van der Waals surface area contributed by atoms with Crippen molar-refractivity contribution < 1.29 is 14.3 Å². The summed E-state index contributed by atoms with van der Waals surface area (Å²) in [6.45, 7) is 9.12. The molecular weight excluding hydrogens is 266 g/mol. The van der Waals surface area contributed by atoms with Crippen molar-refractivity contribution in [3.05, 3.63) is 29.8 Å². The molecule has 0 saturated heterocycles. The first-order valence-electron chi connectivity index (χ1n) is 7.77. The van der Waals surface area contributed by atoms with E-state index in [1.165, 1.54) is 0 Å². The largest absolute Gasteiger partial charge is 0.494 e. The van der Waals surface area contributed by atoms with Crippen molar-refractivity contribution in [2.75, 3.05) is 13.2 Å². The lowest BCUT2D eigenvalue weighted by atomic mass is 10.1. The van der Waals surface area contributed by atoms with E-state index in [9.17, 15) is 4.79 Å². The Morgan fingerprint density at radius 2 is 1.86 bits per heavy atom. The Kier molecular flexibility index (Phi) is 7.83. The van der Waals surface area contributed by atoms with Crippen LogP contribution in [0.15, 0.2) is 24.3 Å². The molecular formula is C17H27NO3. The molecule has 0 aliphatic rings. The van der Waals surface area contributed by atoms with E-state index >= 15 is 0 Å². The highest BCUT2D eigenvalue weighted by atomic mass is 16.5. The predicted octanol–water partition coefficient (Wildman–Crippen LogP) is 3.47. The second-order valence-electron chi connectivity index (χ2n) is 5.08. The molecule has 0 aromatic heterocycles. The zero-order valence-corrected chi connectivity index (χ0v) is 13.5. The number of rotatable bonds is 9. The van der Waals surface area contributed by atoms with Crippen molar-refractivity contribution in [3.63, 3.8) is 0 Å². The van der Waals surface area contributed by atoms with Crippen LogP contribution in [0.5, 0.6) is 5.75 Å². The summed E-state index contributed by atoms with van der Waals surface area (Å²) in [6.07, 6.45) is 1.93. The first kappa shape index (κ1) is 17.5. The number of ether oxygens (including phenoxy) is 2. The van der Waals surface area contributed by atoms with Gasteiger partial charge in [-0.1, -0.05) is 26.0 Å². The fraction of sp³-hybridized carbons (Fsp3) is 0.588. The molecule has 1 aromatic carbocycles. The SMILES string of the molecule is CCCOc1ccc(C(NC(C)CC)C(=O)OCC)cc1. The minimum absolute atomic E-state index is 0.236. The maximum absolute atomic E-state index is 12.1. The molecule has 0 heterocycles. The highest BCUT2D eigenvalue weighted by Gasteiger charge is 2.23. The summed E-state index contributed by atoms with van der Waals surface area (Å²) in [5.74, 6) is 0.590. The molecule has 0 spiro atoms. The molecule has 118 valence electrons. The van der Waals surface area contributed by atoms with E-state index in [2.05, 4.69) is 26.1 Å². The standard InChI is InChI=1S/C17H27NO3/c1-5-12-21-15-10-8-14(9-11-15)16(17(19)20-7-3)18-13(4)6-2/h8-11,13,16,18H,5-7,12H2,1-4H3. The number of esters is 1. The fourth-order valence-corrected chi connectivity index (χ4v) is 1.90. The van der Waals surface area contributed by atoms with Gasteiger partial charge in [-0.3, -0.25) is 5.32 Å². The van der Waals surface area contributed by atoms with Crippen LogP contribution in [0.3, 0.4) is 0 Å². The molecule has 0 radical (unpaired) electrons. The number of carbonyl (C=O) groups is 1. The highest BCUT2D eigenvalue weighted by Crippen LogP contribution is 2.20. The van der Waals surface area contributed by atoms with E-state index in [0.717, 1.165) is 24.2 Å². The third kappa shape index (κ3) is 5.76. The van der Waals surface area contributed by atoms with Gasteiger partial charge in [0, 0.05) is 6.04 Å². The summed E-state index contributed by atoms with van der Waals surface area (Å²) in [5, 5.41) is 3.31. The molecule has 1 N–H and O–H groups in total. The summed E-state index contributed by atoms with van der Waals surface area (Å²) in [7, 11) is 0. The Morgan fingerprint density at radius 3 is 2.38 bits per heavy atom. The van der Waals surface area contributed by atoms with Crippen molar-refractivity contribution in [2.45, 2.75) is 52.6 Å². The Morgan fingerprint density at radius 1 is 1.19 bits per heavy atom. The van der Waals surface area contributed by atoms with Crippen LogP contribution in [-0.2, 0) is 9.53 Å². The maximum Gasteiger partial charge on any atom is 0.327 e. The summed E-state index contributed by atoms with van der Waals surface area (Å²) in [5.41, 5.74) is 0.901. The van der Waals surface area contributed by atoms with Crippen LogP contribution in [0.4, 0.5) is 0 Å². The Hall–Kier alpha value is -1.55. The molecule has 21 heavy (non-hydrogen) atoms. The minimum atomic E-state index is -0.430. The molecule has 0 fully saturated rings. The molecule has 2 unspecified atom stereocenters. The summed E-state index contributed by atoms with van der Waals surface area (Å²) < 4.78 is 10.7. The fourth-order valence-electron chi connectivity index (χ4n) is 1.90. The first-order valence-corrected chi connectivity index (χ1v) is 7.77. The van der Waals surface area contributed by atoms with Gasteiger partial charge in [0.05, 0.1) is 13.2 Å². The van der Waals surface area contributed by atoms with Gasteiger partial charge in [-0.2, -0.15) is 0 Å². The van der Waals surface area contributed by atoms with E-state index < -0.39 is 6.04 Å². The number of hydrogen-bond donors (Lipinski definition) is 1. The van der Waals surface area contributed by atoms with Gasteiger partial charge in [0.25, 0.3) is 0 Å². The Labute approximate surface area is 127 Å². The van der Waals surface area contributed by atoms with E-state index in [4.69, 9.17) is 9.47 Å². The molecule has 0 saturated carbocycles. The molecule has 0 bridgehead atoms. The minimum Gasteiger partial charge on any atom is -0.494 e. The molecule has 0 aliphatic carbocycles. The predicted molar refractivity (Wildman–Crippen MR) is 84.5 cm³/mol. The van der Waals surface area contributed by atoms with Crippen LogP contribution in [-0.4, -0.2) is 25.2 Å². The molecule has 0 aliphatic heterocycles. The molecule has 4 heteroatoms. The Bertz CT molecular complexity index is 417. The van der Waals surface area contributed by atoms with Crippen molar-refractivity contribution in [2.24, 2.45) is 0 Å². The van der Waals surface area contributed by atoms with Gasteiger partial charge in [0.2, 0.25) is 0 Å². The second kappa shape index (κ2) is 9.40. The lowest BCUT2D eigenvalue weighted by Gasteiger charge is -2.21. The van der Waals surface area contributed by atoms with Gasteiger partial charge in [0.1, 0.15) is 11.8 Å². The van der Waals surface area contributed by atoms with Crippen LogP contribution in [0.2, 0.25) is 0 Å². The second-order valence-corrected chi connectivity index (χ2v) is 5.08.